The van der Waals surface area contributed by atoms with Gasteiger partial charge in [-0.1, -0.05) is 57.6 Å². The number of thiocarbonyl (C=S) groups is 1. The molecule has 0 unspecified atom stereocenters. The van der Waals surface area contributed by atoms with Crippen molar-refractivity contribution in [1.29, 1.82) is 0 Å². The first-order chi connectivity index (χ1) is 11.9. The highest BCUT2D eigenvalue weighted by Gasteiger charge is 2.33. The van der Waals surface area contributed by atoms with Gasteiger partial charge >= 0.3 is 0 Å². The number of rotatable bonds is 3. The fraction of sp³-hybridized carbons (Fsp3) is 0. The number of hydrogen-bond donors (Lipinski definition) is 0. The number of halogens is 2. The Balaban J connectivity index is 1.99. The number of non-ortho nitro benzene ring substituents is 1. The Bertz CT molecular complexity index is 949. The number of anilines is 1. The van der Waals surface area contributed by atoms with Crippen LogP contribution < -0.4 is 4.90 Å². The number of nitro benzene ring substituents is 1. The van der Waals surface area contributed by atoms with Crippen LogP contribution in [-0.4, -0.2) is 15.2 Å². The predicted molar refractivity (Wildman–Crippen MR) is 108 cm³/mol. The summed E-state index contributed by atoms with van der Waals surface area (Å²) in [6.45, 7) is 0. The Labute approximate surface area is 165 Å². The van der Waals surface area contributed by atoms with Gasteiger partial charge in [-0.15, -0.1) is 0 Å². The Morgan fingerprint density at radius 1 is 1.28 bits per heavy atom. The zero-order valence-corrected chi connectivity index (χ0v) is 16.3. The normalized spacial score (nSPS) is 15.9. The van der Waals surface area contributed by atoms with Crippen LogP contribution in [0.25, 0.3) is 6.08 Å². The molecule has 1 amide bonds. The SMILES string of the molecule is O=C1/C(=C/c2cc([N+](=O)[O-])ccc2Cl)SC(=S)N1c1cccc(Br)c1. The molecule has 1 heterocycles. The summed E-state index contributed by atoms with van der Waals surface area (Å²) in [6, 6.07) is 11.3. The van der Waals surface area contributed by atoms with Gasteiger partial charge in [-0.25, -0.2) is 0 Å². The fourth-order valence-electron chi connectivity index (χ4n) is 2.20. The van der Waals surface area contributed by atoms with E-state index in [-0.39, 0.29) is 11.6 Å². The maximum atomic E-state index is 12.7. The van der Waals surface area contributed by atoms with E-state index in [2.05, 4.69) is 15.9 Å². The van der Waals surface area contributed by atoms with Crippen molar-refractivity contribution in [3.8, 4) is 0 Å². The number of amides is 1. The summed E-state index contributed by atoms with van der Waals surface area (Å²) in [5.74, 6) is -0.296. The Morgan fingerprint density at radius 3 is 2.72 bits per heavy atom. The smallest absolute Gasteiger partial charge is 0.268 e. The number of carbonyl (C=O) groups excluding carboxylic acids is 1. The fourth-order valence-corrected chi connectivity index (χ4v) is 4.05. The molecular weight excluding hydrogens is 448 g/mol. The predicted octanol–water partition coefficient (Wildman–Crippen LogP) is 5.42. The summed E-state index contributed by atoms with van der Waals surface area (Å²) < 4.78 is 1.21. The van der Waals surface area contributed by atoms with Crippen molar-refractivity contribution >= 4 is 79.2 Å². The van der Waals surface area contributed by atoms with Crippen molar-refractivity contribution in [2.75, 3.05) is 4.90 Å². The number of nitro groups is 1. The van der Waals surface area contributed by atoms with Crippen molar-refractivity contribution in [3.63, 3.8) is 0 Å². The van der Waals surface area contributed by atoms with Crippen LogP contribution in [0.15, 0.2) is 51.8 Å². The monoisotopic (exact) mass is 454 g/mol. The molecule has 1 fully saturated rings. The molecule has 1 aliphatic heterocycles. The molecule has 9 heteroatoms. The first-order valence-corrected chi connectivity index (χ1v) is 9.24. The summed E-state index contributed by atoms with van der Waals surface area (Å²) in [7, 11) is 0. The number of benzene rings is 2. The molecule has 0 radical (unpaired) electrons. The van der Waals surface area contributed by atoms with Gasteiger partial charge < -0.3 is 0 Å². The van der Waals surface area contributed by atoms with Gasteiger partial charge in [0.15, 0.2) is 4.32 Å². The zero-order valence-electron chi connectivity index (χ0n) is 12.3. The van der Waals surface area contributed by atoms with E-state index in [1.54, 1.807) is 18.2 Å². The Hall–Kier alpha value is -1.74. The van der Waals surface area contributed by atoms with Crippen LogP contribution in [0.5, 0.6) is 0 Å². The second-order valence-corrected chi connectivity index (χ2v) is 7.96. The van der Waals surface area contributed by atoms with Crippen LogP contribution in [0.4, 0.5) is 11.4 Å². The lowest BCUT2D eigenvalue weighted by molar-refractivity contribution is -0.384. The van der Waals surface area contributed by atoms with Crippen LogP contribution in [-0.2, 0) is 4.79 Å². The van der Waals surface area contributed by atoms with Crippen LogP contribution in [0.2, 0.25) is 5.02 Å². The van der Waals surface area contributed by atoms with E-state index in [0.29, 0.717) is 25.5 Å². The molecule has 126 valence electrons. The standard InChI is InChI=1S/C16H8BrClN2O3S2/c17-10-2-1-3-11(8-10)19-15(21)14(25-16(19)24)7-9-6-12(20(22)23)4-5-13(9)18/h1-8H/b14-7-. The third-order valence-corrected chi connectivity index (χ3v) is 5.48. The van der Waals surface area contributed by atoms with Gasteiger partial charge in [-0.3, -0.25) is 19.8 Å². The molecule has 1 aliphatic rings. The van der Waals surface area contributed by atoms with E-state index in [4.69, 9.17) is 23.8 Å². The maximum Gasteiger partial charge on any atom is 0.270 e. The third kappa shape index (κ3) is 3.77. The van der Waals surface area contributed by atoms with Gasteiger partial charge in [-0.2, -0.15) is 0 Å². The molecule has 0 aliphatic carbocycles. The molecule has 0 N–H and O–H groups in total. The van der Waals surface area contributed by atoms with Crippen LogP contribution in [0.3, 0.4) is 0 Å². The van der Waals surface area contributed by atoms with E-state index in [0.717, 1.165) is 16.2 Å². The maximum absolute atomic E-state index is 12.7. The average Bonchev–Trinajstić information content (AvgIpc) is 2.83. The van der Waals surface area contributed by atoms with Gasteiger partial charge in [0.1, 0.15) is 0 Å². The highest BCUT2D eigenvalue weighted by Crippen LogP contribution is 2.37. The summed E-state index contributed by atoms with van der Waals surface area (Å²) in [4.78, 5) is 24.9. The Morgan fingerprint density at radius 2 is 2.04 bits per heavy atom. The van der Waals surface area contributed by atoms with Crippen LogP contribution >= 0.6 is 51.5 Å². The highest BCUT2D eigenvalue weighted by atomic mass is 79.9. The third-order valence-electron chi connectivity index (χ3n) is 3.34. The second-order valence-electron chi connectivity index (χ2n) is 4.96. The number of thioether (sulfide) groups is 1. The first kappa shape index (κ1) is 18.1. The molecule has 0 bridgehead atoms. The van der Waals surface area contributed by atoms with Gasteiger partial charge in [-0.05, 0) is 30.3 Å². The van der Waals surface area contributed by atoms with Crippen molar-refractivity contribution in [1.82, 2.24) is 0 Å². The van der Waals surface area contributed by atoms with Crippen LogP contribution in [0, 0.1) is 10.1 Å². The van der Waals surface area contributed by atoms with Crippen LogP contribution in [0.1, 0.15) is 5.56 Å². The average molecular weight is 456 g/mol. The summed E-state index contributed by atoms with van der Waals surface area (Å²) in [6.07, 6.45) is 1.52. The number of carbonyl (C=O) groups is 1. The zero-order chi connectivity index (χ0) is 18.1. The van der Waals surface area contributed by atoms with Gasteiger partial charge in [0.05, 0.1) is 15.5 Å². The molecular formula is C16H8BrClN2O3S2. The second kappa shape index (κ2) is 7.25. The molecule has 5 nitrogen and oxygen atoms in total. The largest absolute Gasteiger partial charge is 0.270 e. The van der Waals surface area contributed by atoms with Gasteiger partial charge in [0.2, 0.25) is 0 Å². The molecule has 0 spiro atoms. The number of hydrogen-bond acceptors (Lipinski definition) is 5. The molecule has 2 aromatic rings. The number of nitrogens with zero attached hydrogens (tertiary/aromatic N) is 2. The van der Waals surface area contributed by atoms with E-state index in [9.17, 15) is 14.9 Å². The Kier molecular flexibility index (Phi) is 5.24. The topological polar surface area (TPSA) is 63.4 Å². The van der Waals surface area contributed by atoms with Crippen molar-refractivity contribution in [2.24, 2.45) is 0 Å². The minimum atomic E-state index is -0.514. The first-order valence-electron chi connectivity index (χ1n) is 6.84. The van der Waals surface area contributed by atoms with E-state index >= 15 is 0 Å². The van der Waals surface area contributed by atoms with Crippen molar-refractivity contribution < 1.29 is 9.72 Å². The minimum Gasteiger partial charge on any atom is -0.268 e. The summed E-state index contributed by atoms with van der Waals surface area (Å²) in [5.41, 5.74) is 0.939. The lowest BCUT2D eigenvalue weighted by Crippen LogP contribution is -2.27. The van der Waals surface area contributed by atoms with Crippen molar-refractivity contribution in [2.45, 2.75) is 0 Å². The molecule has 0 saturated carbocycles. The van der Waals surface area contributed by atoms with Gasteiger partial charge in [0.25, 0.3) is 11.6 Å². The lowest BCUT2D eigenvalue weighted by Gasteiger charge is -2.14. The van der Waals surface area contributed by atoms with Gasteiger partial charge in [0, 0.05) is 27.2 Å². The van der Waals surface area contributed by atoms with E-state index in [1.165, 1.54) is 29.2 Å². The summed E-state index contributed by atoms with van der Waals surface area (Å²) >= 11 is 15.9. The molecule has 3 rings (SSSR count). The quantitative estimate of drug-likeness (QED) is 0.268. The highest BCUT2D eigenvalue weighted by molar-refractivity contribution is 9.10. The molecule has 25 heavy (non-hydrogen) atoms. The molecule has 0 aromatic heterocycles. The molecule has 1 saturated heterocycles. The summed E-state index contributed by atoms with van der Waals surface area (Å²) in [5, 5.41) is 11.2. The minimum absolute atomic E-state index is 0.0990. The van der Waals surface area contributed by atoms with E-state index in [1.807, 2.05) is 6.07 Å². The van der Waals surface area contributed by atoms with E-state index < -0.39 is 4.92 Å². The van der Waals surface area contributed by atoms with Crippen molar-refractivity contribution in [3.05, 3.63) is 72.5 Å². The molecule has 2 aromatic carbocycles. The molecule has 0 atom stereocenters. The lowest BCUT2D eigenvalue weighted by atomic mass is 10.2.